The van der Waals surface area contributed by atoms with Crippen molar-refractivity contribution in [1.29, 1.82) is 0 Å². The van der Waals surface area contributed by atoms with E-state index in [0.717, 1.165) is 5.57 Å². The molecule has 0 aliphatic carbocycles. The van der Waals surface area contributed by atoms with E-state index in [0.29, 0.717) is 13.0 Å². The van der Waals surface area contributed by atoms with Crippen molar-refractivity contribution in [3.63, 3.8) is 0 Å². The van der Waals surface area contributed by atoms with E-state index in [9.17, 15) is 10.2 Å². The molecule has 0 unspecified atom stereocenters. The molecule has 5 nitrogen and oxygen atoms in total. The van der Waals surface area contributed by atoms with Crippen LogP contribution < -0.4 is 0 Å². The van der Waals surface area contributed by atoms with Gasteiger partial charge in [-0.2, -0.15) is 0 Å². The summed E-state index contributed by atoms with van der Waals surface area (Å²) in [5.74, 6) is 0. The Morgan fingerprint density at radius 2 is 2.18 bits per heavy atom. The molecule has 0 bridgehead atoms. The van der Waals surface area contributed by atoms with Gasteiger partial charge in [-0.25, -0.2) is 0 Å². The van der Waals surface area contributed by atoms with Crippen molar-refractivity contribution in [2.24, 2.45) is 0 Å². The van der Waals surface area contributed by atoms with Crippen LogP contribution in [0.5, 0.6) is 0 Å². The lowest BCUT2D eigenvalue weighted by Crippen LogP contribution is -2.56. The predicted octanol–water partition coefficient (Wildman–Crippen LogP) is 0.205. The first kappa shape index (κ1) is 13.0. The molecule has 2 heterocycles. The van der Waals surface area contributed by atoms with Gasteiger partial charge >= 0.3 is 0 Å². The molecule has 0 amide bonds. The lowest BCUT2D eigenvalue weighted by Gasteiger charge is -2.43. The second-order valence-electron chi connectivity index (χ2n) is 4.61. The predicted molar refractivity (Wildman–Crippen MR) is 60.4 cm³/mol. The van der Waals surface area contributed by atoms with Crippen LogP contribution >= 0.6 is 0 Å². The third-order valence-electron chi connectivity index (χ3n) is 3.48. The number of aliphatic hydroxyl groups is 2. The van der Waals surface area contributed by atoms with Crippen molar-refractivity contribution in [1.82, 2.24) is 0 Å². The number of rotatable bonds is 2. The maximum absolute atomic E-state index is 10.1. The fourth-order valence-corrected chi connectivity index (χ4v) is 2.24. The van der Waals surface area contributed by atoms with Gasteiger partial charge in [-0.1, -0.05) is 6.08 Å². The highest BCUT2D eigenvalue weighted by atomic mass is 16.7. The summed E-state index contributed by atoms with van der Waals surface area (Å²) in [4.78, 5) is 0. The molecule has 2 N–H and O–H groups in total. The summed E-state index contributed by atoms with van der Waals surface area (Å²) in [6, 6.07) is 0. The maximum atomic E-state index is 10.1. The minimum absolute atomic E-state index is 0.131. The quantitative estimate of drug-likeness (QED) is 0.679. The number of fused-ring (bicyclic) bond motifs is 1. The molecule has 0 saturated carbocycles. The lowest BCUT2D eigenvalue weighted by molar-refractivity contribution is -0.270. The van der Waals surface area contributed by atoms with Crippen molar-refractivity contribution in [2.45, 2.75) is 50.8 Å². The van der Waals surface area contributed by atoms with Gasteiger partial charge < -0.3 is 24.4 Å². The first-order valence-corrected chi connectivity index (χ1v) is 5.97. The van der Waals surface area contributed by atoms with Crippen LogP contribution in [0.15, 0.2) is 11.6 Å². The van der Waals surface area contributed by atoms with Crippen LogP contribution in [0.2, 0.25) is 0 Å². The van der Waals surface area contributed by atoms with Crippen molar-refractivity contribution in [3.05, 3.63) is 11.6 Å². The molecule has 5 heteroatoms. The summed E-state index contributed by atoms with van der Waals surface area (Å²) in [6.07, 6.45) is -0.118. The molecule has 2 fully saturated rings. The van der Waals surface area contributed by atoms with Gasteiger partial charge in [-0.3, -0.25) is 0 Å². The largest absolute Gasteiger partial charge is 0.390 e. The summed E-state index contributed by atoms with van der Waals surface area (Å²) < 4.78 is 16.2. The van der Waals surface area contributed by atoms with E-state index in [1.807, 2.05) is 19.9 Å². The van der Waals surface area contributed by atoms with Gasteiger partial charge in [-0.05, 0) is 19.4 Å². The summed E-state index contributed by atoms with van der Waals surface area (Å²) in [7, 11) is 0. The van der Waals surface area contributed by atoms with Crippen LogP contribution in [0.25, 0.3) is 0 Å². The number of allylic oxidation sites excluding steroid dienone is 1. The van der Waals surface area contributed by atoms with E-state index in [-0.39, 0.29) is 19.0 Å². The fraction of sp³-hybridized carbons (Fsp3) is 0.833. The lowest BCUT2D eigenvalue weighted by atomic mass is 9.92. The van der Waals surface area contributed by atoms with Crippen molar-refractivity contribution in [2.75, 3.05) is 13.4 Å². The van der Waals surface area contributed by atoms with Gasteiger partial charge in [0.15, 0.2) is 0 Å². The SMILES string of the molecule is C/C=C(\C)[C@H](O)[C@@H]1O[C@@H]2COCO[C@H]2C[C@H]1O. The molecular weight excluding hydrogens is 224 g/mol. The Hall–Kier alpha value is -0.460. The molecule has 0 spiro atoms. The summed E-state index contributed by atoms with van der Waals surface area (Å²) >= 11 is 0. The molecule has 2 rings (SSSR count). The summed E-state index contributed by atoms with van der Waals surface area (Å²) in [5.41, 5.74) is 0.796. The van der Waals surface area contributed by atoms with Crippen LogP contribution in [0.3, 0.4) is 0 Å². The minimum Gasteiger partial charge on any atom is -0.390 e. The average Bonchev–Trinajstić information content (AvgIpc) is 2.36. The van der Waals surface area contributed by atoms with Gasteiger partial charge in [0.1, 0.15) is 25.1 Å². The molecule has 5 atom stereocenters. The van der Waals surface area contributed by atoms with Gasteiger partial charge in [0.2, 0.25) is 0 Å². The van der Waals surface area contributed by atoms with Crippen molar-refractivity contribution < 1.29 is 24.4 Å². The fourth-order valence-electron chi connectivity index (χ4n) is 2.24. The average molecular weight is 244 g/mol. The Morgan fingerprint density at radius 3 is 2.88 bits per heavy atom. The maximum Gasteiger partial charge on any atom is 0.147 e. The van der Waals surface area contributed by atoms with Gasteiger partial charge in [0.05, 0.1) is 18.8 Å². The van der Waals surface area contributed by atoms with E-state index in [4.69, 9.17) is 14.2 Å². The third-order valence-corrected chi connectivity index (χ3v) is 3.48. The Morgan fingerprint density at radius 1 is 1.41 bits per heavy atom. The van der Waals surface area contributed by atoms with Gasteiger partial charge in [0, 0.05) is 6.42 Å². The zero-order chi connectivity index (χ0) is 12.4. The number of ether oxygens (including phenoxy) is 3. The first-order valence-electron chi connectivity index (χ1n) is 5.97. The molecule has 0 aromatic rings. The van der Waals surface area contributed by atoms with E-state index in [1.54, 1.807) is 0 Å². The van der Waals surface area contributed by atoms with Crippen molar-refractivity contribution >= 4 is 0 Å². The Kier molecular flexibility index (Phi) is 4.17. The van der Waals surface area contributed by atoms with E-state index in [1.165, 1.54) is 0 Å². The third kappa shape index (κ3) is 2.69. The molecule has 0 aromatic heterocycles. The van der Waals surface area contributed by atoms with E-state index >= 15 is 0 Å². The Bertz CT molecular complexity index is 291. The highest BCUT2D eigenvalue weighted by Gasteiger charge is 2.42. The Labute approximate surface area is 101 Å². The highest BCUT2D eigenvalue weighted by Crippen LogP contribution is 2.28. The number of aliphatic hydroxyl groups excluding tert-OH is 2. The monoisotopic (exact) mass is 244 g/mol. The molecule has 0 aromatic carbocycles. The Balaban J connectivity index is 2.04. The number of hydrogen-bond acceptors (Lipinski definition) is 5. The molecule has 98 valence electrons. The molecular formula is C12H20O5. The normalized spacial score (nSPS) is 40.8. The smallest absolute Gasteiger partial charge is 0.147 e. The minimum atomic E-state index is -0.780. The van der Waals surface area contributed by atoms with Crippen LogP contribution in [0.1, 0.15) is 20.3 Å². The zero-order valence-electron chi connectivity index (χ0n) is 10.2. The molecule has 2 aliphatic rings. The molecule has 2 saturated heterocycles. The zero-order valence-corrected chi connectivity index (χ0v) is 10.2. The molecule has 0 radical (unpaired) electrons. The van der Waals surface area contributed by atoms with Crippen LogP contribution in [0.4, 0.5) is 0 Å². The second-order valence-corrected chi connectivity index (χ2v) is 4.61. The molecule has 17 heavy (non-hydrogen) atoms. The first-order chi connectivity index (χ1) is 8.13. The second kappa shape index (κ2) is 5.46. The van der Waals surface area contributed by atoms with E-state index in [2.05, 4.69) is 0 Å². The van der Waals surface area contributed by atoms with Crippen LogP contribution in [0, 0.1) is 0 Å². The van der Waals surface area contributed by atoms with Crippen LogP contribution in [-0.2, 0) is 14.2 Å². The molecule has 2 aliphatic heterocycles. The van der Waals surface area contributed by atoms with E-state index < -0.39 is 18.3 Å². The highest BCUT2D eigenvalue weighted by molar-refractivity contribution is 5.08. The van der Waals surface area contributed by atoms with Crippen LogP contribution in [-0.4, -0.2) is 54.1 Å². The number of hydrogen-bond donors (Lipinski definition) is 2. The topological polar surface area (TPSA) is 68.2 Å². The summed E-state index contributed by atoms with van der Waals surface area (Å²) in [5, 5.41) is 20.1. The standard InChI is InChI=1S/C12H20O5/c1-3-7(2)11(14)12-8(13)4-9-10(17-12)5-15-6-16-9/h3,8-14H,4-6H2,1-2H3/b7-3+/t8-,9+,10-,11+,12-/m1/s1. The van der Waals surface area contributed by atoms with Gasteiger partial charge in [0.25, 0.3) is 0 Å². The van der Waals surface area contributed by atoms with Crippen molar-refractivity contribution in [3.8, 4) is 0 Å². The van der Waals surface area contributed by atoms with Gasteiger partial charge in [-0.15, -0.1) is 0 Å². The summed E-state index contributed by atoms with van der Waals surface area (Å²) in [6.45, 7) is 4.37.